The Morgan fingerprint density at radius 2 is 1.71 bits per heavy atom. The van der Waals surface area contributed by atoms with Crippen LogP contribution >= 0.6 is 23.2 Å². The van der Waals surface area contributed by atoms with Crippen LogP contribution in [0.4, 0.5) is 21.5 Å². The van der Waals surface area contributed by atoms with Crippen LogP contribution in [0.3, 0.4) is 0 Å². The van der Waals surface area contributed by atoms with Crippen molar-refractivity contribution in [3.63, 3.8) is 0 Å². The van der Waals surface area contributed by atoms with E-state index < -0.39 is 31.6 Å². The number of halogens is 3. The van der Waals surface area contributed by atoms with Crippen molar-refractivity contribution < 1.29 is 22.5 Å². The molecule has 0 atom stereocenters. The predicted octanol–water partition coefficient (Wildman–Crippen LogP) is 5.09. The highest BCUT2D eigenvalue weighted by molar-refractivity contribution is 7.92. The molecule has 0 aromatic heterocycles. The van der Waals surface area contributed by atoms with Gasteiger partial charge in [0.15, 0.2) is 0 Å². The number of sulfonamides is 1. The molecule has 3 aromatic rings. The van der Waals surface area contributed by atoms with Crippen molar-refractivity contribution in [3.05, 3.63) is 92.2 Å². The van der Waals surface area contributed by atoms with Crippen molar-refractivity contribution in [1.29, 1.82) is 0 Å². The highest BCUT2D eigenvalue weighted by atomic mass is 35.5. The maximum absolute atomic E-state index is 13.9. The Balaban J connectivity index is 1.93. The fraction of sp³-hybridized carbons (Fsp3) is 0. The number of carbonyl (C=O) groups excluding carboxylic acids is 1. The number of nitrogens with zero attached hydrogens (tertiary/aromatic N) is 1. The van der Waals surface area contributed by atoms with Gasteiger partial charge in [-0.05, 0) is 36.4 Å². The minimum Gasteiger partial charge on any atom is -0.320 e. The summed E-state index contributed by atoms with van der Waals surface area (Å²) in [7, 11) is -4.32. The lowest BCUT2D eigenvalue weighted by Gasteiger charge is -2.15. The molecular weight excluding hydrogens is 472 g/mol. The van der Waals surface area contributed by atoms with E-state index in [1.165, 1.54) is 30.3 Å². The molecule has 160 valence electrons. The third kappa shape index (κ3) is 5.10. The molecule has 2 N–H and O–H groups in total. The minimum absolute atomic E-state index is 0.0353. The number of rotatable bonds is 6. The third-order valence-electron chi connectivity index (χ3n) is 4.01. The van der Waals surface area contributed by atoms with Crippen LogP contribution in [0.5, 0.6) is 0 Å². The lowest BCUT2D eigenvalue weighted by Crippen LogP contribution is -2.18. The normalized spacial score (nSPS) is 11.1. The lowest BCUT2D eigenvalue weighted by atomic mass is 10.2. The largest absolute Gasteiger partial charge is 0.320 e. The van der Waals surface area contributed by atoms with E-state index in [-0.39, 0.29) is 32.7 Å². The van der Waals surface area contributed by atoms with E-state index >= 15 is 0 Å². The molecule has 0 aliphatic heterocycles. The number of hydrogen-bond donors (Lipinski definition) is 2. The van der Waals surface area contributed by atoms with Crippen LogP contribution in [0.2, 0.25) is 10.0 Å². The van der Waals surface area contributed by atoms with Crippen molar-refractivity contribution >= 4 is 56.2 Å². The maximum Gasteiger partial charge on any atom is 0.270 e. The molecule has 12 heteroatoms. The monoisotopic (exact) mass is 483 g/mol. The first-order chi connectivity index (χ1) is 14.6. The summed E-state index contributed by atoms with van der Waals surface area (Å²) in [4.78, 5) is 22.2. The molecule has 0 heterocycles. The summed E-state index contributed by atoms with van der Waals surface area (Å²) in [5.74, 6) is -1.72. The first-order valence-electron chi connectivity index (χ1n) is 8.40. The van der Waals surface area contributed by atoms with E-state index in [1.807, 2.05) is 0 Å². The summed E-state index contributed by atoms with van der Waals surface area (Å²) in [5.41, 5.74) is -0.510. The minimum atomic E-state index is -4.32. The molecule has 0 saturated carbocycles. The fourth-order valence-corrected chi connectivity index (χ4v) is 4.16. The smallest absolute Gasteiger partial charge is 0.270 e. The van der Waals surface area contributed by atoms with Crippen LogP contribution in [0, 0.1) is 15.9 Å². The van der Waals surface area contributed by atoms with Crippen LogP contribution in [0.1, 0.15) is 10.4 Å². The Kier molecular flexibility index (Phi) is 6.44. The number of nitro groups is 1. The van der Waals surface area contributed by atoms with Gasteiger partial charge in [0.05, 0.1) is 26.9 Å². The number of carbonyl (C=O) groups is 1. The van der Waals surface area contributed by atoms with Crippen molar-refractivity contribution in [3.8, 4) is 0 Å². The van der Waals surface area contributed by atoms with E-state index in [0.717, 1.165) is 30.3 Å². The van der Waals surface area contributed by atoms with Gasteiger partial charge in [0.25, 0.3) is 21.6 Å². The average molecular weight is 484 g/mol. The Labute approximate surface area is 185 Å². The molecule has 3 rings (SSSR count). The first kappa shape index (κ1) is 22.5. The van der Waals surface area contributed by atoms with Gasteiger partial charge in [0.2, 0.25) is 0 Å². The predicted molar refractivity (Wildman–Crippen MR) is 115 cm³/mol. The summed E-state index contributed by atoms with van der Waals surface area (Å²) in [6.07, 6.45) is 0. The zero-order valence-electron chi connectivity index (χ0n) is 15.3. The molecule has 0 unspecified atom stereocenters. The Hall–Kier alpha value is -3.21. The molecule has 0 aliphatic carbocycles. The first-order valence-corrected chi connectivity index (χ1v) is 10.6. The number of nitro benzene ring substituents is 1. The topological polar surface area (TPSA) is 118 Å². The Morgan fingerprint density at radius 1 is 1.00 bits per heavy atom. The molecule has 0 fully saturated rings. The van der Waals surface area contributed by atoms with Gasteiger partial charge >= 0.3 is 0 Å². The maximum atomic E-state index is 13.9. The molecule has 8 nitrogen and oxygen atoms in total. The van der Waals surface area contributed by atoms with Gasteiger partial charge in [-0.15, -0.1) is 0 Å². The number of anilines is 2. The zero-order chi connectivity index (χ0) is 22.8. The highest BCUT2D eigenvalue weighted by Crippen LogP contribution is 2.30. The summed E-state index contributed by atoms with van der Waals surface area (Å²) in [6, 6.07) is 12.0. The zero-order valence-corrected chi connectivity index (χ0v) is 17.6. The van der Waals surface area contributed by atoms with Gasteiger partial charge in [0, 0.05) is 17.2 Å². The fourth-order valence-electron chi connectivity index (χ4n) is 2.56. The van der Waals surface area contributed by atoms with Gasteiger partial charge in [-0.1, -0.05) is 35.3 Å². The molecule has 0 radical (unpaired) electrons. The van der Waals surface area contributed by atoms with Gasteiger partial charge in [-0.25, -0.2) is 12.8 Å². The van der Waals surface area contributed by atoms with Gasteiger partial charge < -0.3 is 5.32 Å². The second kappa shape index (κ2) is 8.88. The lowest BCUT2D eigenvalue weighted by molar-refractivity contribution is -0.384. The van der Waals surface area contributed by atoms with Crippen LogP contribution in [0.15, 0.2) is 65.6 Å². The summed E-state index contributed by atoms with van der Waals surface area (Å²) in [6.45, 7) is 0. The van der Waals surface area contributed by atoms with Gasteiger partial charge in [-0.2, -0.15) is 0 Å². The molecule has 3 aromatic carbocycles. The number of nitrogens with one attached hydrogen (secondary N) is 2. The Morgan fingerprint density at radius 3 is 2.35 bits per heavy atom. The van der Waals surface area contributed by atoms with E-state index in [2.05, 4.69) is 10.0 Å². The number of non-ortho nitro benzene ring substituents is 1. The highest BCUT2D eigenvalue weighted by Gasteiger charge is 2.22. The summed E-state index contributed by atoms with van der Waals surface area (Å²) >= 11 is 11.9. The van der Waals surface area contributed by atoms with Crippen molar-refractivity contribution in [2.24, 2.45) is 0 Å². The third-order valence-corrected chi connectivity index (χ3v) is 5.95. The quantitative estimate of drug-likeness (QED) is 0.373. The van der Waals surface area contributed by atoms with Gasteiger partial charge in [-0.3, -0.25) is 19.6 Å². The van der Waals surface area contributed by atoms with Crippen molar-refractivity contribution in [2.45, 2.75) is 4.90 Å². The van der Waals surface area contributed by atoms with E-state index in [9.17, 15) is 27.7 Å². The summed E-state index contributed by atoms with van der Waals surface area (Å²) < 4.78 is 41.3. The molecular formula is C19H12Cl2FN3O5S. The van der Waals surface area contributed by atoms with Gasteiger partial charge in [0.1, 0.15) is 10.7 Å². The second-order valence-corrected chi connectivity index (χ2v) is 8.60. The molecule has 0 aliphatic rings. The van der Waals surface area contributed by atoms with E-state index in [4.69, 9.17) is 23.2 Å². The van der Waals surface area contributed by atoms with E-state index in [1.54, 1.807) is 0 Å². The SMILES string of the molecule is O=C(Nc1cc(Cl)ccc1NS(=O)(=O)c1ccccc1F)c1ccc([N+](=O)[O-])cc1Cl. The number of benzene rings is 3. The number of hydrogen-bond acceptors (Lipinski definition) is 5. The standard InChI is InChI=1S/C19H12Cl2FN3O5S/c20-11-5-8-16(24-31(29,30)18-4-2-1-3-15(18)22)17(9-11)23-19(26)13-7-6-12(25(27)28)10-14(13)21/h1-10,24H,(H,23,26). The van der Waals surface area contributed by atoms with Crippen molar-refractivity contribution in [1.82, 2.24) is 0 Å². The molecule has 31 heavy (non-hydrogen) atoms. The van der Waals surface area contributed by atoms with Crippen LogP contribution in [-0.4, -0.2) is 19.2 Å². The van der Waals surface area contributed by atoms with Crippen LogP contribution in [0.25, 0.3) is 0 Å². The number of amides is 1. The van der Waals surface area contributed by atoms with E-state index in [0.29, 0.717) is 0 Å². The molecule has 1 amide bonds. The van der Waals surface area contributed by atoms with Crippen LogP contribution < -0.4 is 10.0 Å². The van der Waals surface area contributed by atoms with Crippen molar-refractivity contribution in [2.75, 3.05) is 10.0 Å². The second-order valence-electron chi connectivity index (χ2n) is 6.10. The Bertz CT molecular complexity index is 1300. The molecule has 0 bridgehead atoms. The molecule has 0 saturated heterocycles. The average Bonchev–Trinajstić information content (AvgIpc) is 2.70. The summed E-state index contributed by atoms with van der Waals surface area (Å²) in [5, 5.41) is 13.3. The van der Waals surface area contributed by atoms with Crippen LogP contribution in [-0.2, 0) is 10.0 Å². The molecule has 0 spiro atoms.